The molecule has 1 heterocycles. The van der Waals surface area contributed by atoms with Crippen LogP contribution < -0.4 is 5.73 Å². The minimum absolute atomic E-state index is 0.178. The Morgan fingerprint density at radius 1 is 1.11 bits per heavy atom. The number of ketones is 1. The normalized spacial score (nSPS) is 39.6. The van der Waals surface area contributed by atoms with Gasteiger partial charge in [-0.2, -0.15) is 5.26 Å². The van der Waals surface area contributed by atoms with Crippen molar-refractivity contribution in [3.63, 3.8) is 0 Å². The van der Waals surface area contributed by atoms with Gasteiger partial charge in [0.15, 0.2) is 5.78 Å². The number of nitriles is 1. The quantitative estimate of drug-likeness (QED) is 0.776. The Hall–Kier alpha value is -1.44. The van der Waals surface area contributed by atoms with E-state index in [4.69, 9.17) is 17.3 Å². The minimum Gasteiger partial charge on any atom is -0.393 e. The van der Waals surface area contributed by atoms with Crippen molar-refractivity contribution in [1.82, 2.24) is 0 Å². The maximum Gasteiger partial charge on any atom is 0.153 e. The molecule has 4 bridgehead atoms. The van der Waals surface area contributed by atoms with Crippen LogP contribution in [0.25, 0.3) is 0 Å². The first-order valence-electron chi connectivity index (χ1n) is 9.85. The molecule has 0 saturated heterocycles. The zero-order chi connectivity index (χ0) is 18.8. The summed E-state index contributed by atoms with van der Waals surface area (Å²) in [6.45, 7) is 0. The summed E-state index contributed by atoms with van der Waals surface area (Å²) >= 11 is 7.47. The van der Waals surface area contributed by atoms with Crippen molar-refractivity contribution < 1.29 is 4.79 Å². The van der Waals surface area contributed by atoms with Crippen LogP contribution >= 0.6 is 23.4 Å². The predicted molar refractivity (Wildman–Crippen MR) is 108 cm³/mol. The standard InChI is InChI=1S/C22H23ClN2OS/c23-16-3-1-15(2-4-16)18-17(11-24)21(25)27-19(18)20(26)22-8-12-5-13(9-22)7-14(6-12)10-22/h1-4,12-14,18-19H,5-10,25H2/t12?,13?,14?,18-,19-,22?/m1/s1. The van der Waals surface area contributed by atoms with Gasteiger partial charge in [0.05, 0.1) is 21.9 Å². The molecule has 1 aromatic carbocycles. The van der Waals surface area contributed by atoms with E-state index in [1.54, 1.807) is 0 Å². The molecule has 6 rings (SSSR count). The van der Waals surface area contributed by atoms with Gasteiger partial charge in [0.1, 0.15) is 0 Å². The van der Waals surface area contributed by atoms with Crippen LogP contribution in [0.2, 0.25) is 5.02 Å². The van der Waals surface area contributed by atoms with Crippen LogP contribution in [0.1, 0.15) is 50.0 Å². The number of nitrogens with two attached hydrogens (primary N) is 1. The van der Waals surface area contributed by atoms with Crippen LogP contribution in [0, 0.1) is 34.5 Å². The van der Waals surface area contributed by atoms with E-state index in [1.807, 2.05) is 24.3 Å². The third-order valence-corrected chi connectivity index (χ3v) is 8.77. The number of halogens is 1. The lowest BCUT2D eigenvalue weighted by Gasteiger charge is -2.56. The van der Waals surface area contributed by atoms with Gasteiger partial charge in [0.25, 0.3) is 0 Å². The van der Waals surface area contributed by atoms with Gasteiger partial charge in [-0.25, -0.2) is 0 Å². The number of thioether (sulfide) groups is 1. The molecule has 5 aliphatic rings. The number of allylic oxidation sites excluding steroid dienone is 1. The molecule has 140 valence electrons. The summed E-state index contributed by atoms with van der Waals surface area (Å²) in [6, 6.07) is 9.81. The van der Waals surface area contributed by atoms with E-state index in [0.29, 0.717) is 21.4 Å². The van der Waals surface area contributed by atoms with Gasteiger partial charge in [-0.05, 0) is 74.0 Å². The summed E-state index contributed by atoms with van der Waals surface area (Å²) < 4.78 is 0. The molecular weight excluding hydrogens is 376 g/mol. The summed E-state index contributed by atoms with van der Waals surface area (Å²) in [7, 11) is 0. The zero-order valence-corrected chi connectivity index (χ0v) is 16.7. The maximum absolute atomic E-state index is 13.9. The van der Waals surface area contributed by atoms with Crippen LogP contribution in [0.4, 0.5) is 0 Å². The Morgan fingerprint density at radius 2 is 1.67 bits per heavy atom. The topological polar surface area (TPSA) is 66.9 Å². The number of carbonyl (C=O) groups is 1. The van der Waals surface area contributed by atoms with Gasteiger partial charge in [0, 0.05) is 16.4 Å². The van der Waals surface area contributed by atoms with Gasteiger partial charge in [-0.3, -0.25) is 4.79 Å². The third-order valence-electron chi connectivity index (χ3n) is 7.30. The molecular formula is C22H23ClN2OS. The van der Waals surface area contributed by atoms with Gasteiger partial charge in [0.2, 0.25) is 0 Å². The highest BCUT2D eigenvalue weighted by Gasteiger charge is 2.57. The van der Waals surface area contributed by atoms with Gasteiger partial charge >= 0.3 is 0 Å². The first-order chi connectivity index (χ1) is 13.0. The highest BCUT2D eigenvalue weighted by Crippen LogP contribution is 2.62. The van der Waals surface area contributed by atoms with E-state index < -0.39 is 0 Å². The van der Waals surface area contributed by atoms with Crippen LogP contribution in [0.5, 0.6) is 0 Å². The van der Waals surface area contributed by atoms with Gasteiger partial charge in [-0.15, -0.1) is 0 Å². The number of carbonyl (C=O) groups excluding carboxylic acids is 1. The molecule has 0 aromatic heterocycles. The van der Waals surface area contributed by atoms with E-state index in [2.05, 4.69) is 6.07 Å². The summed E-state index contributed by atoms with van der Waals surface area (Å²) in [4.78, 5) is 13.9. The molecule has 4 fully saturated rings. The Labute approximate surface area is 169 Å². The lowest BCUT2D eigenvalue weighted by atomic mass is 9.48. The molecule has 2 atom stereocenters. The Kier molecular flexibility index (Phi) is 4.11. The molecule has 1 aliphatic heterocycles. The first kappa shape index (κ1) is 17.6. The van der Waals surface area contributed by atoms with Gasteiger partial charge in [-0.1, -0.05) is 35.5 Å². The van der Waals surface area contributed by atoms with Crippen LogP contribution in [0.3, 0.4) is 0 Å². The molecule has 0 amide bonds. The second-order valence-electron chi connectivity index (χ2n) is 9.02. The van der Waals surface area contributed by atoms with Crippen LogP contribution in [-0.4, -0.2) is 11.0 Å². The van der Waals surface area contributed by atoms with E-state index in [9.17, 15) is 10.1 Å². The summed E-state index contributed by atoms with van der Waals surface area (Å²) in [5.74, 6) is 2.27. The number of rotatable bonds is 3. The monoisotopic (exact) mass is 398 g/mol. The fraction of sp³-hybridized carbons (Fsp3) is 0.545. The number of nitrogens with zero attached hydrogens (tertiary/aromatic N) is 1. The Morgan fingerprint density at radius 3 is 2.19 bits per heavy atom. The number of Topliss-reactive ketones (excluding diaryl/α,β-unsaturated/α-hetero) is 1. The van der Waals surface area contributed by atoms with Gasteiger partial charge < -0.3 is 5.73 Å². The SMILES string of the molecule is N#CC1=C(N)S[C@@H](C(=O)C23CC4CC(CC(C4)C2)C3)[C@@H]1c1ccc(Cl)cc1. The highest BCUT2D eigenvalue weighted by atomic mass is 35.5. The fourth-order valence-corrected chi connectivity index (χ4v) is 8.11. The molecule has 0 unspecified atom stereocenters. The summed E-state index contributed by atoms with van der Waals surface area (Å²) in [6.07, 6.45) is 7.08. The molecule has 27 heavy (non-hydrogen) atoms. The molecule has 2 N–H and O–H groups in total. The summed E-state index contributed by atoms with van der Waals surface area (Å²) in [5, 5.41) is 10.6. The van der Waals surface area contributed by atoms with E-state index in [1.165, 1.54) is 31.0 Å². The number of benzene rings is 1. The zero-order valence-electron chi connectivity index (χ0n) is 15.2. The maximum atomic E-state index is 13.9. The van der Waals surface area contributed by atoms with Crippen molar-refractivity contribution >= 4 is 29.1 Å². The third kappa shape index (κ3) is 2.74. The fourth-order valence-electron chi connectivity index (χ4n) is 6.63. The molecule has 4 saturated carbocycles. The molecule has 0 radical (unpaired) electrons. The van der Waals surface area contributed by atoms with E-state index in [-0.39, 0.29) is 16.6 Å². The summed E-state index contributed by atoms with van der Waals surface area (Å²) in [5.41, 5.74) is 7.54. The van der Waals surface area contributed by atoms with Crippen molar-refractivity contribution in [2.75, 3.05) is 0 Å². The Bertz CT molecular complexity index is 834. The molecule has 0 spiro atoms. The smallest absolute Gasteiger partial charge is 0.153 e. The minimum atomic E-state index is -0.280. The van der Waals surface area contributed by atoms with Crippen LogP contribution in [0.15, 0.2) is 34.9 Å². The lowest BCUT2D eigenvalue weighted by Crippen LogP contribution is -2.52. The van der Waals surface area contributed by atoms with Crippen molar-refractivity contribution in [1.29, 1.82) is 5.26 Å². The average Bonchev–Trinajstić information content (AvgIpc) is 2.96. The van der Waals surface area contributed by atoms with E-state index >= 15 is 0 Å². The van der Waals surface area contributed by atoms with E-state index in [0.717, 1.165) is 42.6 Å². The Balaban J connectivity index is 1.51. The molecule has 4 aliphatic carbocycles. The van der Waals surface area contributed by atoms with Crippen molar-refractivity contribution in [3.8, 4) is 6.07 Å². The predicted octanol–water partition coefficient (Wildman–Crippen LogP) is 5.02. The number of hydrogen-bond donors (Lipinski definition) is 1. The number of hydrogen-bond acceptors (Lipinski definition) is 4. The van der Waals surface area contributed by atoms with Crippen molar-refractivity contribution in [3.05, 3.63) is 45.5 Å². The molecule has 3 nitrogen and oxygen atoms in total. The lowest BCUT2D eigenvalue weighted by molar-refractivity contribution is -0.143. The van der Waals surface area contributed by atoms with Crippen LogP contribution in [-0.2, 0) is 4.79 Å². The molecule has 1 aromatic rings. The van der Waals surface area contributed by atoms with Crippen molar-refractivity contribution in [2.24, 2.45) is 28.9 Å². The highest BCUT2D eigenvalue weighted by molar-refractivity contribution is 8.04. The first-order valence-corrected chi connectivity index (χ1v) is 11.1. The van der Waals surface area contributed by atoms with Crippen molar-refractivity contribution in [2.45, 2.75) is 49.7 Å². The largest absolute Gasteiger partial charge is 0.393 e. The average molecular weight is 399 g/mol. The molecule has 5 heteroatoms. The second-order valence-corrected chi connectivity index (χ2v) is 10.6. The second kappa shape index (κ2) is 6.29.